The third kappa shape index (κ3) is 3.00. The summed E-state index contributed by atoms with van der Waals surface area (Å²) >= 11 is 0. The standard InChI is InChI=1S/C20H23N3O3/c1-2-4-17-15(3-1)11-23(7-8-24-17)12-16-10-21-22-20(16)14-5-6-18-19(9-14)26-13-25-18/h1-6,9,16,20-22H,7-8,10-13H2. The Labute approximate surface area is 153 Å². The Kier molecular flexibility index (Phi) is 4.16. The van der Waals surface area contributed by atoms with Crippen molar-refractivity contribution in [1.29, 1.82) is 0 Å². The second-order valence-corrected chi connectivity index (χ2v) is 7.07. The average molecular weight is 353 g/mol. The van der Waals surface area contributed by atoms with E-state index in [4.69, 9.17) is 14.2 Å². The van der Waals surface area contributed by atoms with Crippen LogP contribution in [0.3, 0.4) is 0 Å². The minimum atomic E-state index is 0.254. The molecule has 1 fully saturated rings. The number of hydrogen-bond acceptors (Lipinski definition) is 6. The summed E-state index contributed by atoms with van der Waals surface area (Å²) in [6.45, 7) is 4.87. The molecule has 3 aliphatic heterocycles. The average Bonchev–Trinajstić information content (AvgIpc) is 3.26. The lowest BCUT2D eigenvalue weighted by Gasteiger charge is -2.26. The number of benzene rings is 2. The van der Waals surface area contributed by atoms with Crippen molar-refractivity contribution in [3.05, 3.63) is 53.6 Å². The van der Waals surface area contributed by atoms with E-state index in [0.29, 0.717) is 12.7 Å². The van der Waals surface area contributed by atoms with Gasteiger partial charge in [0.15, 0.2) is 11.5 Å². The summed E-state index contributed by atoms with van der Waals surface area (Å²) in [4.78, 5) is 2.49. The molecule has 0 aliphatic carbocycles. The minimum Gasteiger partial charge on any atom is -0.492 e. The van der Waals surface area contributed by atoms with Crippen LogP contribution in [0.25, 0.3) is 0 Å². The monoisotopic (exact) mass is 353 g/mol. The summed E-state index contributed by atoms with van der Waals surface area (Å²) in [6.07, 6.45) is 0. The SMILES string of the molecule is c1ccc2c(c1)CN(CC1CNNC1c1ccc3c(c1)OCO3)CCO2. The number of fused-ring (bicyclic) bond motifs is 2. The van der Waals surface area contributed by atoms with Crippen LogP contribution < -0.4 is 25.1 Å². The van der Waals surface area contributed by atoms with Crippen LogP contribution in [-0.2, 0) is 6.54 Å². The Morgan fingerprint density at radius 3 is 2.92 bits per heavy atom. The second-order valence-electron chi connectivity index (χ2n) is 7.07. The first-order valence-electron chi connectivity index (χ1n) is 9.18. The highest BCUT2D eigenvalue weighted by atomic mass is 16.7. The van der Waals surface area contributed by atoms with Gasteiger partial charge in [0, 0.05) is 37.7 Å². The van der Waals surface area contributed by atoms with Crippen molar-refractivity contribution in [3.8, 4) is 17.2 Å². The van der Waals surface area contributed by atoms with E-state index in [1.807, 2.05) is 12.1 Å². The summed E-state index contributed by atoms with van der Waals surface area (Å²) in [5.74, 6) is 3.16. The fraction of sp³-hybridized carbons (Fsp3) is 0.400. The van der Waals surface area contributed by atoms with Crippen LogP contribution >= 0.6 is 0 Å². The van der Waals surface area contributed by atoms with Crippen molar-refractivity contribution in [1.82, 2.24) is 15.8 Å². The number of hydrazine groups is 1. The summed E-state index contributed by atoms with van der Waals surface area (Å²) in [5.41, 5.74) is 9.27. The molecule has 136 valence electrons. The van der Waals surface area contributed by atoms with Crippen molar-refractivity contribution in [3.63, 3.8) is 0 Å². The van der Waals surface area contributed by atoms with Crippen LogP contribution in [0.4, 0.5) is 0 Å². The topological polar surface area (TPSA) is 55.0 Å². The van der Waals surface area contributed by atoms with Gasteiger partial charge in [-0.1, -0.05) is 24.3 Å². The summed E-state index contributed by atoms with van der Waals surface area (Å²) in [6, 6.07) is 14.8. The summed E-state index contributed by atoms with van der Waals surface area (Å²) in [7, 11) is 0. The molecule has 2 atom stereocenters. The number of rotatable bonds is 3. The predicted octanol–water partition coefficient (Wildman–Crippen LogP) is 2.07. The molecule has 6 heteroatoms. The lowest BCUT2D eigenvalue weighted by molar-refractivity contribution is 0.174. The highest BCUT2D eigenvalue weighted by Gasteiger charge is 2.31. The zero-order valence-electron chi connectivity index (χ0n) is 14.6. The van der Waals surface area contributed by atoms with Gasteiger partial charge in [-0.3, -0.25) is 10.3 Å². The van der Waals surface area contributed by atoms with Crippen molar-refractivity contribution >= 4 is 0 Å². The molecule has 2 aromatic carbocycles. The Balaban J connectivity index is 1.32. The van der Waals surface area contributed by atoms with Crippen molar-refractivity contribution < 1.29 is 14.2 Å². The fourth-order valence-electron chi connectivity index (χ4n) is 4.04. The maximum atomic E-state index is 5.90. The van der Waals surface area contributed by atoms with E-state index in [0.717, 1.165) is 50.0 Å². The molecule has 0 spiro atoms. The van der Waals surface area contributed by atoms with E-state index in [-0.39, 0.29) is 6.04 Å². The zero-order valence-corrected chi connectivity index (χ0v) is 14.6. The molecular formula is C20H23N3O3. The second kappa shape index (κ2) is 6.79. The van der Waals surface area contributed by atoms with Crippen LogP contribution in [0.2, 0.25) is 0 Å². The molecule has 0 aromatic heterocycles. The Morgan fingerprint density at radius 2 is 1.92 bits per heavy atom. The van der Waals surface area contributed by atoms with Gasteiger partial charge in [-0.15, -0.1) is 0 Å². The van der Waals surface area contributed by atoms with Crippen molar-refractivity contribution in [2.45, 2.75) is 12.6 Å². The molecule has 2 unspecified atom stereocenters. The molecule has 2 aromatic rings. The molecule has 5 rings (SSSR count). The van der Waals surface area contributed by atoms with Crippen LogP contribution in [0.5, 0.6) is 17.2 Å². The van der Waals surface area contributed by atoms with E-state index in [1.165, 1.54) is 11.1 Å². The van der Waals surface area contributed by atoms with Crippen LogP contribution in [-0.4, -0.2) is 37.9 Å². The molecule has 1 saturated heterocycles. The molecule has 0 amide bonds. The van der Waals surface area contributed by atoms with Crippen molar-refractivity contribution in [2.24, 2.45) is 5.92 Å². The third-order valence-electron chi connectivity index (χ3n) is 5.37. The van der Waals surface area contributed by atoms with E-state index in [2.05, 4.69) is 46.1 Å². The number of ether oxygens (including phenoxy) is 3. The molecule has 6 nitrogen and oxygen atoms in total. The molecule has 3 aliphatic rings. The minimum absolute atomic E-state index is 0.254. The molecule has 0 bridgehead atoms. The maximum Gasteiger partial charge on any atom is 0.231 e. The van der Waals surface area contributed by atoms with Crippen molar-refractivity contribution in [2.75, 3.05) is 33.0 Å². The Morgan fingerprint density at radius 1 is 1.00 bits per heavy atom. The summed E-state index contributed by atoms with van der Waals surface area (Å²) < 4.78 is 16.9. The highest BCUT2D eigenvalue weighted by Crippen LogP contribution is 2.36. The molecule has 0 saturated carbocycles. The zero-order chi connectivity index (χ0) is 17.3. The highest BCUT2D eigenvalue weighted by molar-refractivity contribution is 5.45. The molecule has 0 radical (unpaired) electrons. The normalized spacial score (nSPS) is 24.8. The van der Waals surface area contributed by atoms with Gasteiger partial charge >= 0.3 is 0 Å². The van der Waals surface area contributed by atoms with Gasteiger partial charge in [-0.25, -0.2) is 5.43 Å². The predicted molar refractivity (Wildman–Crippen MR) is 97.1 cm³/mol. The van der Waals surface area contributed by atoms with Gasteiger partial charge in [-0.05, 0) is 23.8 Å². The largest absolute Gasteiger partial charge is 0.492 e. The number of hydrogen-bond donors (Lipinski definition) is 2. The van der Waals surface area contributed by atoms with Gasteiger partial charge in [0.05, 0.1) is 6.04 Å². The van der Waals surface area contributed by atoms with Crippen LogP contribution in [0, 0.1) is 5.92 Å². The fourth-order valence-corrected chi connectivity index (χ4v) is 4.04. The van der Waals surface area contributed by atoms with Gasteiger partial charge in [0.2, 0.25) is 6.79 Å². The molecular weight excluding hydrogens is 330 g/mol. The number of nitrogens with one attached hydrogen (secondary N) is 2. The van der Waals surface area contributed by atoms with Crippen LogP contribution in [0.15, 0.2) is 42.5 Å². The first kappa shape index (κ1) is 15.9. The lowest BCUT2D eigenvalue weighted by Crippen LogP contribution is -2.34. The smallest absolute Gasteiger partial charge is 0.231 e. The molecule has 26 heavy (non-hydrogen) atoms. The number of nitrogens with zero attached hydrogens (tertiary/aromatic N) is 1. The molecule has 2 N–H and O–H groups in total. The first-order chi connectivity index (χ1) is 12.9. The van der Waals surface area contributed by atoms with Gasteiger partial charge < -0.3 is 14.2 Å². The Hall–Kier alpha value is -2.28. The third-order valence-corrected chi connectivity index (χ3v) is 5.37. The van der Waals surface area contributed by atoms with Gasteiger partial charge in [0.25, 0.3) is 0 Å². The number of para-hydroxylation sites is 1. The molecule has 3 heterocycles. The van der Waals surface area contributed by atoms with E-state index >= 15 is 0 Å². The Bertz CT molecular complexity index is 798. The lowest BCUT2D eigenvalue weighted by atomic mass is 9.94. The van der Waals surface area contributed by atoms with Gasteiger partial charge in [0.1, 0.15) is 12.4 Å². The van der Waals surface area contributed by atoms with E-state index in [9.17, 15) is 0 Å². The van der Waals surface area contributed by atoms with E-state index in [1.54, 1.807) is 0 Å². The summed E-state index contributed by atoms with van der Waals surface area (Å²) in [5, 5.41) is 0. The van der Waals surface area contributed by atoms with Gasteiger partial charge in [-0.2, -0.15) is 0 Å². The maximum absolute atomic E-state index is 5.90. The first-order valence-corrected chi connectivity index (χ1v) is 9.18. The van der Waals surface area contributed by atoms with Crippen LogP contribution in [0.1, 0.15) is 17.2 Å². The van der Waals surface area contributed by atoms with E-state index < -0.39 is 0 Å². The quantitative estimate of drug-likeness (QED) is 0.881.